The number of likely N-dealkylation sites (tertiary alicyclic amines) is 1. The highest BCUT2D eigenvalue weighted by Crippen LogP contribution is 2.62. The molecule has 2 aliphatic heterocycles. The second kappa shape index (κ2) is 4.87. The van der Waals surface area contributed by atoms with E-state index in [0.29, 0.717) is 12.0 Å². The summed E-state index contributed by atoms with van der Waals surface area (Å²) < 4.78 is 11.9. The van der Waals surface area contributed by atoms with Crippen LogP contribution in [0.4, 0.5) is 0 Å². The van der Waals surface area contributed by atoms with Crippen LogP contribution >= 0.6 is 0 Å². The van der Waals surface area contributed by atoms with Crippen LogP contribution in [0.3, 0.4) is 0 Å². The van der Waals surface area contributed by atoms with E-state index in [9.17, 15) is 5.11 Å². The Balaban J connectivity index is 1.75. The van der Waals surface area contributed by atoms with Gasteiger partial charge in [-0.2, -0.15) is 0 Å². The standard InChI is InChI=1S/C20H23NO3/c1-3-9-21-10-8-20-13-5-6-15(22)19(20)24-18-16(23-2)7-4-12(17(18)20)11-14(13)21/h3-7,13-15,19,22H,1,8-11H2,2H3/t13-,14+,15-,19-,20-/m0/s1. The molecule has 2 bridgehead atoms. The van der Waals surface area contributed by atoms with Crippen LogP contribution in [0.1, 0.15) is 17.5 Å². The lowest BCUT2D eigenvalue weighted by molar-refractivity contribution is -0.0488. The zero-order valence-electron chi connectivity index (χ0n) is 13.9. The summed E-state index contributed by atoms with van der Waals surface area (Å²) in [6.07, 6.45) is 7.42. The van der Waals surface area contributed by atoms with Crippen LogP contribution < -0.4 is 9.47 Å². The molecule has 0 saturated carbocycles. The molecule has 0 radical (unpaired) electrons. The maximum atomic E-state index is 10.6. The van der Waals surface area contributed by atoms with E-state index in [2.05, 4.69) is 23.6 Å². The van der Waals surface area contributed by atoms with Gasteiger partial charge < -0.3 is 14.6 Å². The molecule has 4 nitrogen and oxygen atoms in total. The van der Waals surface area contributed by atoms with Crippen LogP contribution in [0.5, 0.6) is 11.5 Å². The number of aliphatic hydroxyl groups excluding tert-OH is 1. The Bertz CT molecular complexity index is 743. The second-order valence-corrected chi connectivity index (χ2v) is 7.42. The van der Waals surface area contributed by atoms with E-state index in [0.717, 1.165) is 37.4 Å². The number of rotatable bonds is 3. The molecule has 1 N–H and O–H groups in total. The van der Waals surface area contributed by atoms with Gasteiger partial charge in [0.05, 0.1) is 7.11 Å². The Morgan fingerprint density at radius 1 is 1.46 bits per heavy atom. The quantitative estimate of drug-likeness (QED) is 0.864. The van der Waals surface area contributed by atoms with Crippen LogP contribution in [0.25, 0.3) is 0 Å². The van der Waals surface area contributed by atoms with Crippen LogP contribution in [-0.2, 0) is 11.8 Å². The summed E-state index contributed by atoms with van der Waals surface area (Å²) in [6.45, 7) is 5.86. The molecule has 0 amide bonds. The normalized spacial score (nSPS) is 38.4. The van der Waals surface area contributed by atoms with Gasteiger partial charge >= 0.3 is 0 Å². The maximum absolute atomic E-state index is 10.6. The Morgan fingerprint density at radius 2 is 2.33 bits per heavy atom. The molecule has 126 valence electrons. The molecular weight excluding hydrogens is 302 g/mol. The van der Waals surface area contributed by atoms with Gasteiger partial charge in [-0.25, -0.2) is 0 Å². The highest BCUT2D eigenvalue weighted by molar-refractivity contribution is 5.62. The van der Waals surface area contributed by atoms with Crippen molar-refractivity contribution in [2.45, 2.75) is 36.5 Å². The zero-order valence-corrected chi connectivity index (χ0v) is 13.9. The summed E-state index contributed by atoms with van der Waals surface area (Å²) in [5.41, 5.74) is 2.54. The monoisotopic (exact) mass is 325 g/mol. The van der Waals surface area contributed by atoms with Gasteiger partial charge in [-0.05, 0) is 31.0 Å². The first-order valence-corrected chi connectivity index (χ1v) is 8.79. The molecule has 4 aliphatic rings. The first-order chi connectivity index (χ1) is 11.7. The summed E-state index contributed by atoms with van der Waals surface area (Å²) in [5.74, 6) is 2.03. The fraction of sp³-hybridized carbons (Fsp3) is 0.500. The lowest BCUT2D eigenvalue weighted by atomic mass is 9.53. The maximum Gasteiger partial charge on any atom is 0.165 e. The van der Waals surface area contributed by atoms with Gasteiger partial charge in [-0.1, -0.05) is 24.3 Å². The number of hydrogen-bond donors (Lipinski definition) is 1. The highest BCUT2D eigenvalue weighted by Gasteiger charge is 2.64. The molecular formula is C20H23NO3. The molecule has 2 heterocycles. The third-order valence-corrected chi connectivity index (χ3v) is 6.56. The number of methoxy groups -OCH3 is 1. The van der Waals surface area contributed by atoms with Crippen molar-refractivity contribution < 1.29 is 14.6 Å². The molecule has 5 rings (SSSR count). The molecule has 1 aromatic rings. The van der Waals surface area contributed by atoms with Gasteiger partial charge in [-0.3, -0.25) is 4.90 Å². The van der Waals surface area contributed by atoms with Gasteiger partial charge in [0.2, 0.25) is 0 Å². The predicted octanol–water partition coefficient (Wildman–Crippen LogP) is 2.06. The topological polar surface area (TPSA) is 41.9 Å². The second-order valence-electron chi connectivity index (χ2n) is 7.42. The lowest BCUT2D eigenvalue weighted by Crippen LogP contribution is -2.65. The first-order valence-electron chi connectivity index (χ1n) is 8.79. The van der Waals surface area contributed by atoms with Crippen LogP contribution in [0.2, 0.25) is 0 Å². The predicted molar refractivity (Wildman–Crippen MR) is 91.6 cm³/mol. The Hall–Kier alpha value is -1.78. The number of ether oxygens (including phenoxy) is 2. The van der Waals surface area contributed by atoms with Gasteiger partial charge in [0.15, 0.2) is 11.5 Å². The van der Waals surface area contributed by atoms with Gasteiger partial charge in [0.25, 0.3) is 0 Å². The highest BCUT2D eigenvalue weighted by atomic mass is 16.5. The molecule has 1 saturated heterocycles. The summed E-state index contributed by atoms with van der Waals surface area (Å²) in [7, 11) is 1.69. The van der Waals surface area contributed by atoms with E-state index < -0.39 is 6.10 Å². The van der Waals surface area contributed by atoms with Crippen molar-refractivity contribution in [1.29, 1.82) is 0 Å². The van der Waals surface area contributed by atoms with Crippen LogP contribution in [0.15, 0.2) is 36.9 Å². The van der Waals surface area contributed by atoms with E-state index in [1.54, 1.807) is 7.11 Å². The minimum atomic E-state index is -0.559. The number of piperidine rings is 1. The van der Waals surface area contributed by atoms with Crippen molar-refractivity contribution in [3.05, 3.63) is 48.1 Å². The summed E-state index contributed by atoms with van der Waals surface area (Å²) in [5, 5.41) is 10.6. The number of hydrogen-bond acceptors (Lipinski definition) is 4. The molecule has 1 spiro atoms. The third-order valence-electron chi connectivity index (χ3n) is 6.56. The van der Waals surface area contributed by atoms with Gasteiger partial charge in [0, 0.05) is 29.5 Å². The van der Waals surface area contributed by atoms with Crippen molar-refractivity contribution in [2.75, 3.05) is 20.2 Å². The van der Waals surface area contributed by atoms with E-state index in [4.69, 9.17) is 9.47 Å². The SMILES string of the molecule is C=CCN1CC[C@]23c4c5ccc(OC)c4O[C@H]2[C@@H](O)C=C[C@H]3[C@H]1C5. The van der Waals surface area contributed by atoms with Crippen molar-refractivity contribution in [3.63, 3.8) is 0 Å². The van der Waals surface area contributed by atoms with Crippen molar-refractivity contribution in [3.8, 4) is 11.5 Å². The van der Waals surface area contributed by atoms with Crippen LogP contribution in [-0.4, -0.2) is 48.5 Å². The molecule has 1 fully saturated rings. The summed E-state index contributed by atoms with van der Waals surface area (Å²) in [6, 6.07) is 4.64. The third kappa shape index (κ3) is 1.56. The number of nitrogens with zero attached hydrogens (tertiary/aromatic N) is 1. The number of aliphatic hydroxyl groups is 1. The Kier molecular flexibility index (Phi) is 2.95. The largest absolute Gasteiger partial charge is 0.493 e. The van der Waals surface area contributed by atoms with Crippen molar-refractivity contribution in [2.24, 2.45) is 5.92 Å². The lowest BCUT2D eigenvalue weighted by Gasteiger charge is -2.57. The van der Waals surface area contributed by atoms with E-state index in [1.807, 2.05) is 18.2 Å². The summed E-state index contributed by atoms with van der Waals surface area (Å²) in [4.78, 5) is 2.53. The zero-order chi connectivity index (χ0) is 16.5. The smallest absolute Gasteiger partial charge is 0.165 e. The molecule has 24 heavy (non-hydrogen) atoms. The van der Waals surface area contributed by atoms with Gasteiger partial charge in [-0.15, -0.1) is 6.58 Å². The molecule has 2 aliphatic carbocycles. The number of benzene rings is 1. The fourth-order valence-electron chi connectivity index (χ4n) is 5.67. The van der Waals surface area contributed by atoms with E-state index in [1.165, 1.54) is 11.1 Å². The van der Waals surface area contributed by atoms with E-state index in [-0.39, 0.29) is 11.5 Å². The molecule has 0 aromatic heterocycles. The molecule has 4 heteroatoms. The van der Waals surface area contributed by atoms with Gasteiger partial charge in [0.1, 0.15) is 12.2 Å². The van der Waals surface area contributed by atoms with Crippen molar-refractivity contribution in [1.82, 2.24) is 4.90 Å². The average Bonchev–Trinajstić information content (AvgIpc) is 2.94. The fourth-order valence-corrected chi connectivity index (χ4v) is 5.67. The van der Waals surface area contributed by atoms with Crippen LogP contribution in [0, 0.1) is 5.92 Å². The minimum absolute atomic E-state index is 0.117. The van der Waals surface area contributed by atoms with E-state index >= 15 is 0 Å². The summed E-state index contributed by atoms with van der Waals surface area (Å²) >= 11 is 0. The molecule has 5 atom stereocenters. The average molecular weight is 325 g/mol. The Morgan fingerprint density at radius 3 is 3.12 bits per heavy atom. The molecule has 0 unspecified atom stereocenters. The first kappa shape index (κ1) is 14.6. The Labute approximate surface area is 142 Å². The van der Waals surface area contributed by atoms with Crippen molar-refractivity contribution >= 4 is 0 Å². The minimum Gasteiger partial charge on any atom is -0.493 e. The molecule has 1 aromatic carbocycles.